The first-order valence-electron chi connectivity index (χ1n) is 12.6. The van der Waals surface area contributed by atoms with E-state index in [2.05, 4.69) is 30.9 Å². The molecule has 3 rings (SSSR count). The van der Waals surface area contributed by atoms with Crippen molar-refractivity contribution in [1.29, 1.82) is 0 Å². The average Bonchev–Trinajstić information content (AvgIpc) is 3.51. The van der Waals surface area contributed by atoms with E-state index in [1.807, 2.05) is 0 Å². The predicted octanol–water partition coefficient (Wildman–Crippen LogP) is 0.731. The number of carbonyl (C=O) groups excluding carboxylic acids is 4. The van der Waals surface area contributed by atoms with Gasteiger partial charge in [0, 0.05) is 5.38 Å². The minimum Gasteiger partial charge on any atom is -0.457 e. The smallest absolute Gasteiger partial charge is 0.413 e. The standard InChI is InChI=1S/C23H32N8O10S2/c1-12(19(34)39-22(2,3)4)41-29-15(13-9-42-20(26-13)28-21(35)40-23(5,6)7)17(32)27-16-14(8-30-11-24-10-25-30)31(18(16)33)43(36,37)38/h9-12,14,16H,8H2,1-7H3,(H,27,32)(H,26,28,35)(H,36,37,38)/b29-15+/t12-,14+,16-/m0/s1. The lowest BCUT2D eigenvalue weighted by Gasteiger charge is -2.43. The molecule has 2 aromatic heterocycles. The largest absolute Gasteiger partial charge is 0.457 e. The van der Waals surface area contributed by atoms with Gasteiger partial charge >= 0.3 is 22.4 Å². The minimum atomic E-state index is -4.97. The average molecular weight is 645 g/mol. The van der Waals surface area contributed by atoms with E-state index < -0.39 is 69.3 Å². The van der Waals surface area contributed by atoms with Crippen molar-refractivity contribution in [2.75, 3.05) is 5.32 Å². The molecular weight excluding hydrogens is 612 g/mol. The van der Waals surface area contributed by atoms with Gasteiger partial charge in [-0.1, -0.05) is 5.16 Å². The molecule has 0 radical (unpaired) electrons. The van der Waals surface area contributed by atoms with Gasteiger partial charge in [-0.3, -0.25) is 24.1 Å². The zero-order valence-electron chi connectivity index (χ0n) is 24.3. The molecule has 2 aromatic rings. The predicted molar refractivity (Wildman–Crippen MR) is 149 cm³/mol. The lowest BCUT2D eigenvalue weighted by Crippen LogP contribution is -2.73. The number of β-lactam (4-membered cyclic amide) rings is 1. The van der Waals surface area contributed by atoms with Crippen molar-refractivity contribution in [3.05, 3.63) is 23.7 Å². The SMILES string of the molecule is C[C@H](O/N=C(/C(=O)N[C@@H]1C(=O)N(S(=O)(=O)O)[C@@H]1Cn1cncn1)c1csc(NC(=O)OC(C)(C)C)n1)C(=O)OC(C)(C)C. The van der Waals surface area contributed by atoms with Crippen LogP contribution in [0.15, 0.2) is 23.2 Å². The van der Waals surface area contributed by atoms with E-state index >= 15 is 0 Å². The molecule has 3 heterocycles. The number of hydrogen-bond acceptors (Lipinski definition) is 14. The summed E-state index contributed by atoms with van der Waals surface area (Å²) in [5, 5.41) is 13.8. The molecular formula is C23H32N8O10S2. The Bertz CT molecular complexity index is 1490. The van der Waals surface area contributed by atoms with Gasteiger partial charge in [-0.25, -0.2) is 23.9 Å². The van der Waals surface area contributed by atoms with Gasteiger partial charge in [0.25, 0.3) is 11.8 Å². The summed E-state index contributed by atoms with van der Waals surface area (Å²) in [7, 11) is -4.97. The van der Waals surface area contributed by atoms with Crippen LogP contribution in [-0.2, 0) is 45.5 Å². The second-order valence-corrected chi connectivity index (χ2v) is 13.3. The Kier molecular flexibility index (Phi) is 9.76. The van der Waals surface area contributed by atoms with Crippen LogP contribution in [0.3, 0.4) is 0 Å². The molecule has 3 N–H and O–H groups in total. The Balaban J connectivity index is 1.88. The Morgan fingerprint density at radius 2 is 1.81 bits per heavy atom. The number of esters is 1. The van der Waals surface area contributed by atoms with E-state index in [9.17, 15) is 32.1 Å². The zero-order valence-corrected chi connectivity index (χ0v) is 25.9. The summed E-state index contributed by atoms with van der Waals surface area (Å²) >= 11 is 0.907. The summed E-state index contributed by atoms with van der Waals surface area (Å²) in [5.74, 6) is -2.97. The van der Waals surface area contributed by atoms with Crippen LogP contribution in [0.2, 0.25) is 0 Å². The molecule has 18 nitrogen and oxygen atoms in total. The van der Waals surface area contributed by atoms with E-state index in [0.29, 0.717) is 0 Å². The summed E-state index contributed by atoms with van der Waals surface area (Å²) in [6, 6.07) is -2.74. The van der Waals surface area contributed by atoms with Crippen molar-refractivity contribution in [3.8, 4) is 0 Å². The first kappa shape index (κ1) is 33.3. The van der Waals surface area contributed by atoms with Crippen molar-refractivity contribution >= 4 is 56.4 Å². The lowest BCUT2D eigenvalue weighted by atomic mass is 9.98. The van der Waals surface area contributed by atoms with Crippen LogP contribution in [0.1, 0.15) is 54.2 Å². The number of nitrogens with one attached hydrogen (secondary N) is 2. The van der Waals surface area contributed by atoms with Gasteiger partial charge in [0.1, 0.15) is 35.6 Å². The number of anilines is 1. The number of aromatic nitrogens is 4. The Morgan fingerprint density at radius 3 is 2.37 bits per heavy atom. The molecule has 3 amide bonds. The number of amides is 3. The maximum absolute atomic E-state index is 13.4. The topological polar surface area (TPSA) is 234 Å². The number of ether oxygens (including phenoxy) is 2. The summed E-state index contributed by atoms with van der Waals surface area (Å²) in [5.41, 5.74) is -2.29. The first-order chi connectivity index (χ1) is 19.7. The first-order valence-corrected chi connectivity index (χ1v) is 14.9. The monoisotopic (exact) mass is 644 g/mol. The van der Waals surface area contributed by atoms with E-state index in [-0.39, 0.29) is 21.7 Å². The van der Waals surface area contributed by atoms with Crippen LogP contribution in [0.25, 0.3) is 0 Å². The molecule has 0 spiro atoms. The molecule has 43 heavy (non-hydrogen) atoms. The molecule has 0 aliphatic carbocycles. The molecule has 0 saturated carbocycles. The van der Waals surface area contributed by atoms with Gasteiger partial charge in [-0.05, 0) is 48.5 Å². The highest BCUT2D eigenvalue weighted by Crippen LogP contribution is 2.25. The molecule has 1 fully saturated rings. The molecule has 20 heteroatoms. The fraction of sp³-hybridized carbons (Fsp3) is 0.565. The highest BCUT2D eigenvalue weighted by molar-refractivity contribution is 7.84. The highest BCUT2D eigenvalue weighted by atomic mass is 32.2. The molecule has 236 valence electrons. The van der Waals surface area contributed by atoms with E-state index in [4.69, 9.17) is 14.3 Å². The third-order valence-electron chi connectivity index (χ3n) is 5.16. The van der Waals surface area contributed by atoms with Gasteiger partial charge in [-0.2, -0.15) is 13.5 Å². The van der Waals surface area contributed by atoms with Gasteiger partial charge in [0.05, 0.1) is 12.6 Å². The lowest BCUT2D eigenvalue weighted by molar-refractivity contribution is -0.167. The van der Waals surface area contributed by atoms with Crippen LogP contribution >= 0.6 is 11.3 Å². The second kappa shape index (κ2) is 12.6. The van der Waals surface area contributed by atoms with Crippen LogP contribution < -0.4 is 10.6 Å². The summed E-state index contributed by atoms with van der Waals surface area (Å²) in [6.45, 7) is 11.0. The van der Waals surface area contributed by atoms with Crippen LogP contribution in [0.4, 0.5) is 9.93 Å². The number of rotatable bonds is 10. The number of carbonyl (C=O) groups is 4. The van der Waals surface area contributed by atoms with E-state index in [1.165, 1.54) is 29.6 Å². The van der Waals surface area contributed by atoms with Crippen LogP contribution in [-0.4, -0.2) is 96.0 Å². The summed E-state index contributed by atoms with van der Waals surface area (Å²) in [6.07, 6.45) is 0.329. The Morgan fingerprint density at radius 1 is 1.16 bits per heavy atom. The maximum Gasteiger partial charge on any atom is 0.413 e. The van der Waals surface area contributed by atoms with Gasteiger partial charge < -0.3 is 19.6 Å². The van der Waals surface area contributed by atoms with Gasteiger partial charge in [0.2, 0.25) is 6.10 Å². The molecule has 0 aromatic carbocycles. The van der Waals surface area contributed by atoms with Crippen molar-refractivity contribution in [2.24, 2.45) is 5.16 Å². The molecule has 1 saturated heterocycles. The van der Waals surface area contributed by atoms with Crippen molar-refractivity contribution in [1.82, 2.24) is 29.4 Å². The fourth-order valence-electron chi connectivity index (χ4n) is 3.46. The van der Waals surface area contributed by atoms with Crippen molar-refractivity contribution < 1.29 is 46.5 Å². The second-order valence-electron chi connectivity index (χ2n) is 11.1. The van der Waals surface area contributed by atoms with E-state index in [1.54, 1.807) is 41.5 Å². The Hall–Kier alpha value is -4.17. The maximum atomic E-state index is 13.4. The molecule has 0 bridgehead atoms. The number of oxime groups is 1. The minimum absolute atomic E-state index is 0.0197. The number of nitrogens with zero attached hydrogens (tertiary/aromatic N) is 6. The quantitative estimate of drug-likeness (QED) is 0.107. The third kappa shape index (κ3) is 9.16. The van der Waals surface area contributed by atoms with E-state index in [0.717, 1.165) is 11.3 Å². The van der Waals surface area contributed by atoms with Gasteiger partial charge in [0.15, 0.2) is 10.8 Å². The molecule has 0 unspecified atom stereocenters. The normalized spacial score (nSPS) is 18.4. The van der Waals surface area contributed by atoms with Crippen molar-refractivity contribution in [2.45, 2.75) is 84.4 Å². The molecule has 1 aliphatic heterocycles. The molecule has 1 aliphatic rings. The van der Waals surface area contributed by atoms with Gasteiger partial charge in [-0.15, -0.1) is 11.3 Å². The zero-order chi connectivity index (χ0) is 32.3. The highest BCUT2D eigenvalue weighted by Gasteiger charge is 2.54. The van der Waals surface area contributed by atoms with Crippen LogP contribution in [0.5, 0.6) is 0 Å². The number of hydrogen-bond donors (Lipinski definition) is 3. The number of thiazole rings is 1. The fourth-order valence-corrected chi connectivity index (χ4v) is 5.02. The Labute approximate surface area is 250 Å². The molecule has 3 atom stereocenters. The third-order valence-corrected chi connectivity index (χ3v) is 6.86. The summed E-state index contributed by atoms with van der Waals surface area (Å²) < 4.78 is 45.0. The summed E-state index contributed by atoms with van der Waals surface area (Å²) in [4.78, 5) is 63.8. The van der Waals surface area contributed by atoms with Crippen molar-refractivity contribution in [3.63, 3.8) is 0 Å². The van der Waals surface area contributed by atoms with Crippen LogP contribution in [0, 0.1) is 0 Å².